The number of alkyl halides is 1. The zero-order valence-corrected chi connectivity index (χ0v) is 5.27. The summed E-state index contributed by atoms with van der Waals surface area (Å²) in [4.78, 5) is 0. The van der Waals surface area contributed by atoms with Gasteiger partial charge >= 0.3 is 0 Å². The third kappa shape index (κ3) is 2.91. The van der Waals surface area contributed by atoms with Gasteiger partial charge < -0.3 is 0 Å². The SMILES string of the molecule is O=S(=O)(CF)OP. The van der Waals surface area contributed by atoms with E-state index in [1.165, 1.54) is 9.47 Å². The molecule has 0 saturated carbocycles. The van der Waals surface area contributed by atoms with Crippen LogP contribution in [0, 0.1) is 0 Å². The Hall–Kier alpha value is 0.270. The Morgan fingerprint density at radius 3 is 2.14 bits per heavy atom. The molecule has 0 aromatic heterocycles. The van der Waals surface area contributed by atoms with Gasteiger partial charge in [-0.05, 0) is 0 Å². The molecular weight excluding hydrogens is 142 g/mol. The molecule has 0 spiro atoms. The summed E-state index contributed by atoms with van der Waals surface area (Å²) >= 11 is 0. The lowest BCUT2D eigenvalue weighted by Crippen LogP contribution is -1.98. The van der Waals surface area contributed by atoms with Gasteiger partial charge in [0.25, 0.3) is 10.1 Å². The summed E-state index contributed by atoms with van der Waals surface area (Å²) in [7, 11) is -2.42. The van der Waals surface area contributed by atoms with Crippen LogP contribution in [0.4, 0.5) is 4.39 Å². The van der Waals surface area contributed by atoms with Crippen molar-refractivity contribution < 1.29 is 16.8 Å². The van der Waals surface area contributed by atoms with E-state index in [4.69, 9.17) is 0 Å². The Kier molecular flexibility index (Phi) is 2.64. The van der Waals surface area contributed by atoms with Crippen LogP contribution >= 0.6 is 9.47 Å². The molecule has 0 aliphatic heterocycles. The number of hydrogen-bond acceptors (Lipinski definition) is 3. The molecule has 0 amide bonds. The lowest BCUT2D eigenvalue weighted by atomic mass is 11.8. The minimum absolute atomic E-state index is 1.44. The number of rotatable bonds is 2. The van der Waals surface area contributed by atoms with Crippen molar-refractivity contribution in [1.29, 1.82) is 0 Å². The van der Waals surface area contributed by atoms with Crippen LogP contribution in [0.5, 0.6) is 0 Å². The quantitative estimate of drug-likeness (QED) is 0.517. The fraction of sp³-hybridized carbons (Fsp3) is 1.00. The maximum atomic E-state index is 11.0. The van der Waals surface area contributed by atoms with Crippen molar-refractivity contribution in [3.8, 4) is 0 Å². The van der Waals surface area contributed by atoms with Gasteiger partial charge in [-0.25, -0.2) is 4.39 Å². The first-order chi connectivity index (χ1) is 3.12. The minimum atomic E-state index is -3.86. The van der Waals surface area contributed by atoms with E-state index in [9.17, 15) is 12.8 Å². The molecule has 7 heavy (non-hydrogen) atoms. The van der Waals surface area contributed by atoms with Gasteiger partial charge in [-0.15, -0.1) is 0 Å². The fourth-order valence-corrected chi connectivity index (χ4v) is 0.231. The monoisotopic (exact) mass is 146 g/mol. The molecule has 44 valence electrons. The van der Waals surface area contributed by atoms with Crippen molar-refractivity contribution in [2.24, 2.45) is 0 Å². The molecule has 1 unspecified atom stereocenters. The van der Waals surface area contributed by atoms with Gasteiger partial charge in [-0.3, -0.25) is 3.97 Å². The molecular formula is CH4FO3PS. The summed E-state index contributed by atoms with van der Waals surface area (Å²) in [6.07, 6.45) is 0. The Bertz CT molecular complexity index is 118. The maximum absolute atomic E-state index is 11.0. The molecule has 0 rings (SSSR count). The summed E-state index contributed by atoms with van der Waals surface area (Å²) in [6, 6.07) is -1.48. The van der Waals surface area contributed by atoms with E-state index in [0.29, 0.717) is 0 Å². The van der Waals surface area contributed by atoms with Crippen LogP contribution in [-0.2, 0) is 14.1 Å². The van der Waals surface area contributed by atoms with Crippen molar-refractivity contribution in [3.63, 3.8) is 0 Å². The van der Waals surface area contributed by atoms with E-state index in [-0.39, 0.29) is 0 Å². The molecule has 0 aromatic carbocycles. The number of hydrogen-bond donors (Lipinski definition) is 0. The first-order valence-electron chi connectivity index (χ1n) is 1.29. The number of halogens is 1. The standard InChI is InChI=1S/CH4FO3PS/c2-1-7(3,4)5-6/h1,6H2. The average Bonchev–Trinajstić information content (AvgIpc) is 1.68. The summed E-state index contributed by atoms with van der Waals surface area (Å²) in [5, 5.41) is 0. The topological polar surface area (TPSA) is 43.4 Å². The predicted molar refractivity (Wildman–Crippen MR) is 25.7 cm³/mol. The molecule has 6 heteroatoms. The van der Waals surface area contributed by atoms with E-state index in [1.54, 1.807) is 0 Å². The highest BCUT2D eigenvalue weighted by atomic mass is 32.2. The Morgan fingerprint density at radius 2 is 2.14 bits per heavy atom. The molecule has 0 radical (unpaired) electrons. The van der Waals surface area contributed by atoms with Crippen molar-refractivity contribution in [2.75, 3.05) is 6.01 Å². The molecule has 0 fully saturated rings. The van der Waals surface area contributed by atoms with Crippen LogP contribution in [0.15, 0.2) is 0 Å². The molecule has 1 atom stereocenters. The van der Waals surface area contributed by atoms with Gasteiger partial charge in [-0.1, -0.05) is 0 Å². The summed E-state index contributed by atoms with van der Waals surface area (Å²) < 4.78 is 34.1. The zero-order chi connectivity index (χ0) is 5.91. The third-order valence-corrected chi connectivity index (χ3v) is 1.72. The summed E-state index contributed by atoms with van der Waals surface area (Å²) in [5.74, 6) is 0. The van der Waals surface area contributed by atoms with Crippen LogP contribution < -0.4 is 0 Å². The van der Waals surface area contributed by atoms with Crippen molar-refractivity contribution >= 4 is 19.6 Å². The summed E-state index contributed by atoms with van der Waals surface area (Å²) in [5.41, 5.74) is 0. The van der Waals surface area contributed by atoms with E-state index in [2.05, 4.69) is 3.97 Å². The lowest BCUT2D eigenvalue weighted by molar-refractivity contribution is 0.474. The molecule has 0 aliphatic rings. The second-order valence-corrected chi connectivity index (χ2v) is 2.87. The van der Waals surface area contributed by atoms with Crippen LogP contribution in [0.2, 0.25) is 0 Å². The fourth-order valence-electron chi connectivity index (χ4n) is 0.0257. The van der Waals surface area contributed by atoms with Crippen LogP contribution in [0.1, 0.15) is 0 Å². The van der Waals surface area contributed by atoms with E-state index in [1.807, 2.05) is 0 Å². The highest BCUT2D eigenvalue weighted by Crippen LogP contribution is 1.97. The second-order valence-electron chi connectivity index (χ2n) is 0.763. The van der Waals surface area contributed by atoms with E-state index in [0.717, 1.165) is 0 Å². The second kappa shape index (κ2) is 2.55. The normalized spacial score (nSPS) is 11.7. The van der Waals surface area contributed by atoms with Crippen LogP contribution in [0.25, 0.3) is 0 Å². The van der Waals surface area contributed by atoms with E-state index >= 15 is 0 Å². The van der Waals surface area contributed by atoms with Crippen molar-refractivity contribution in [1.82, 2.24) is 0 Å². The first-order valence-corrected chi connectivity index (χ1v) is 3.34. The van der Waals surface area contributed by atoms with Gasteiger partial charge in [0.2, 0.25) is 6.01 Å². The Balaban J connectivity index is 3.89. The molecule has 0 aromatic rings. The first kappa shape index (κ1) is 7.27. The average molecular weight is 146 g/mol. The smallest absolute Gasteiger partial charge is 0.252 e. The predicted octanol–water partition coefficient (Wildman–Crippen LogP) is 0.0499. The largest absolute Gasteiger partial charge is 0.299 e. The maximum Gasteiger partial charge on any atom is 0.299 e. The van der Waals surface area contributed by atoms with Crippen LogP contribution in [-0.4, -0.2) is 14.4 Å². The minimum Gasteiger partial charge on any atom is -0.252 e. The highest BCUT2D eigenvalue weighted by molar-refractivity contribution is 7.88. The third-order valence-electron chi connectivity index (χ3n) is 0.280. The summed E-state index contributed by atoms with van der Waals surface area (Å²) in [6.45, 7) is 0. The van der Waals surface area contributed by atoms with Gasteiger partial charge in [0.15, 0.2) is 0 Å². The molecule has 3 nitrogen and oxygen atoms in total. The van der Waals surface area contributed by atoms with Gasteiger partial charge in [-0.2, -0.15) is 8.42 Å². The van der Waals surface area contributed by atoms with Gasteiger partial charge in [0.1, 0.15) is 0 Å². The zero-order valence-electron chi connectivity index (χ0n) is 3.30. The van der Waals surface area contributed by atoms with Gasteiger partial charge in [0.05, 0.1) is 0 Å². The molecule has 0 heterocycles. The van der Waals surface area contributed by atoms with Crippen LogP contribution in [0.3, 0.4) is 0 Å². The van der Waals surface area contributed by atoms with Crippen molar-refractivity contribution in [2.45, 2.75) is 0 Å². The van der Waals surface area contributed by atoms with E-state index < -0.39 is 16.1 Å². The Labute approximate surface area is 43.3 Å². The molecule has 0 bridgehead atoms. The molecule has 0 aliphatic carbocycles. The Morgan fingerprint density at radius 1 is 1.71 bits per heavy atom. The molecule has 0 N–H and O–H groups in total. The van der Waals surface area contributed by atoms with Gasteiger partial charge in [0, 0.05) is 9.47 Å². The van der Waals surface area contributed by atoms with Crippen molar-refractivity contribution in [3.05, 3.63) is 0 Å². The highest BCUT2D eigenvalue weighted by Gasteiger charge is 2.04. The lowest BCUT2D eigenvalue weighted by Gasteiger charge is -1.88. The molecule has 0 saturated heterocycles.